The van der Waals surface area contributed by atoms with E-state index < -0.39 is 0 Å². The first kappa shape index (κ1) is 23.9. The van der Waals surface area contributed by atoms with Crippen LogP contribution >= 0.6 is 0 Å². The smallest absolute Gasteiger partial charge is 0.290 e. The largest absolute Gasteiger partial charge is 0.493 e. The second-order valence-electron chi connectivity index (χ2n) is 9.51. The molecule has 1 unspecified atom stereocenters. The number of hydrogen-bond donors (Lipinski definition) is 0. The van der Waals surface area contributed by atoms with Crippen molar-refractivity contribution in [1.29, 1.82) is 0 Å². The van der Waals surface area contributed by atoms with E-state index in [-0.39, 0.29) is 11.9 Å². The summed E-state index contributed by atoms with van der Waals surface area (Å²) < 4.78 is 17.0. The molecule has 180 valence electrons. The van der Waals surface area contributed by atoms with Crippen LogP contribution in [0.1, 0.15) is 67.7 Å². The number of hydrogen-bond acceptors (Lipinski definition) is 4. The Labute approximate surface area is 202 Å². The Morgan fingerprint density at radius 1 is 0.912 bits per heavy atom. The highest BCUT2D eigenvalue weighted by atomic mass is 16.5. The number of rotatable bonds is 5. The summed E-state index contributed by atoms with van der Waals surface area (Å²) >= 11 is 0. The van der Waals surface area contributed by atoms with E-state index in [4.69, 9.17) is 13.9 Å². The lowest BCUT2D eigenvalue weighted by Crippen LogP contribution is -2.42. The van der Waals surface area contributed by atoms with E-state index in [0.717, 1.165) is 23.5 Å². The van der Waals surface area contributed by atoms with E-state index >= 15 is 0 Å². The fraction of sp³-hybridized carbons (Fsp3) is 0.414. The van der Waals surface area contributed by atoms with Crippen molar-refractivity contribution in [1.82, 2.24) is 4.90 Å². The second kappa shape index (κ2) is 9.21. The second-order valence-corrected chi connectivity index (χ2v) is 9.51. The Balaban J connectivity index is 1.58. The molecular formula is C29H35NO4. The average Bonchev–Trinajstić information content (AvgIpc) is 3.31. The summed E-state index contributed by atoms with van der Waals surface area (Å²) in [7, 11) is 3.27. The van der Waals surface area contributed by atoms with Gasteiger partial charge in [0, 0.05) is 19.0 Å². The molecule has 4 rings (SSSR count). The number of methoxy groups -OCH3 is 2. The molecule has 3 aromatic rings. The van der Waals surface area contributed by atoms with E-state index in [9.17, 15) is 4.79 Å². The average molecular weight is 462 g/mol. The molecule has 0 N–H and O–H groups in total. The van der Waals surface area contributed by atoms with Gasteiger partial charge in [0.25, 0.3) is 5.91 Å². The third kappa shape index (κ3) is 4.08. The minimum atomic E-state index is -0.0797. The molecule has 5 heteroatoms. The van der Waals surface area contributed by atoms with Crippen molar-refractivity contribution in [3.63, 3.8) is 0 Å². The van der Waals surface area contributed by atoms with Crippen LogP contribution < -0.4 is 9.47 Å². The number of ether oxygens (including phenoxy) is 2. The van der Waals surface area contributed by atoms with E-state index in [2.05, 4.69) is 41.5 Å². The van der Waals surface area contributed by atoms with Crippen molar-refractivity contribution >= 4 is 5.91 Å². The molecule has 2 heterocycles. The van der Waals surface area contributed by atoms with Gasteiger partial charge < -0.3 is 18.8 Å². The monoisotopic (exact) mass is 461 g/mol. The summed E-state index contributed by atoms with van der Waals surface area (Å²) in [5.41, 5.74) is 10.2. The van der Waals surface area contributed by atoms with Crippen molar-refractivity contribution in [3.05, 3.63) is 80.3 Å². The summed E-state index contributed by atoms with van der Waals surface area (Å²) in [5.74, 6) is 2.52. The number of nitrogens with zero attached hydrogens (tertiary/aromatic N) is 1. The van der Waals surface area contributed by atoms with E-state index in [1.54, 1.807) is 14.2 Å². The summed E-state index contributed by atoms with van der Waals surface area (Å²) in [4.78, 5) is 15.3. The highest BCUT2D eigenvalue weighted by molar-refractivity contribution is 5.92. The van der Waals surface area contributed by atoms with Gasteiger partial charge in [-0.1, -0.05) is 0 Å². The molecule has 0 fully saturated rings. The molecule has 5 nitrogen and oxygen atoms in total. The molecule has 0 aliphatic carbocycles. The van der Waals surface area contributed by atoms with Crippen LogP contribution in [-0.4, -0.2) is 31.1 Å². The number of amides is 1. The summed E-state index contributed by atoms with van der Waals surface area (Å²) in [5, 5.41) is 0. The lowest BCUT2D eigenvalue weighted by molar-refractivity contribution is 0.0623. The van der Waals surface area contributed by atoms with Gasteiger partial charge in [0.1, 0.15) is 5.76 Å². The van der Waals surface area contributed by atoms with Crippen molar-refractivity contribution < 1.29 is 18.7 Å². The first-order valence-corrected chi connectivity index (χ1v) is 11.9. The van der Waals surface area contributed by atoms with Gasteiger partial charge in [-0.2, -0.15) is 0 Å². The molecule has 34 heavy (non-hydrogen) atoms. The van der Waals surface area contributed by atoms with Gasteiger partial charge in [0.05, 0.1) is 14.2 Å². The Morgan fingerprint density at radius 3 is 2.06 bits per heavy atom. The minimum Gasteiger partial charge on any atom is -0.493 e. The standard InChI is InChI=1S/C29H35NO4/c1-16-11-22-12-27(32-7)28(33-8)13-23(22)15-30(16)29(31)26-10-9-24(34-26)14-25-20(5)18(3)17(2)19(4)21(25)6/h9-10,12-13,16H,11,14-15H2,1-8H3. The van der Waals surface area contributed by atoms with Gasteiger partial charge in [0.2, 0.25) is 0 Å². The first-order valence-electron chi connectivity index (χ1n) is 11.9. The van der Waals surface area contributed by atoms with Crippen molar-refractivity contribution in [2.45, 2.75) is 67.0 Å². The third-order valence-corrected chi connectivity index (χ3v) is 7.73. The molecule has 1 amide bonds. The predicted octanol–water partition coefficient (Wildman–Crippen LogP) is 6.02. The highest BCUT2D eigenvalue weighted by Gasteiger charge is 2.30. The van der Waals surface area contributed by atoms with Crippen molar-refractivity contribution in [2.75, 3.05) is 14.2 Å². The number of carbonyl (C=O) groups is 1. The van der Waals surface area contributed by atoms with Crippen molar-refractivity contribution in [2.24, 2.45) is 0 Å². The molecule has 0 spiro atoms. The maximum atomic E-state index is 13.4. The maximum Gasteiger partial charge on any atom is 0.290 e. The maximum absolute atomic E-state index is 13.4. The lowest BCUT2D eigenvalue weighted by atomic mass is 9.88. The summed E-state index contributed by atoms with van der Waals surface area (Å²) in [6.07, 6.45) is 1.44. The normalized spacial score (nSPS) is 15.3. The molecule has 1 aliphatic rings. The quantitative estimate of drug-likeness (QED) is 0.466. The molecule has 0 radical (unpaired) electrons. The molecule has 2 aromatic carbocycles. The van der Waals surface area contributed by atoms with Crippen LogP contribution in [0.2, 0.25) is 0 Å². The molecule has 0 saturated heterocycles. The van der Waals surface area contributed by atoms with Gasteiger partial charge in [-0.25, -0.2) is 0 Å². The van der Waals surface area contributed by atoms with Crippen molar-refractivity contribution in [3.8, 4) is 11.5 Å². The lowest BCUT2D eigenvalue weighted by Gasteiger charge is -2.34. The number of furan rings is 1. The first-order chi connectivity index (χ1) is 16.2. The zero-order chi connectivity index (χ0) is 24.7. The van der Waals surface area contributed by atoms with Crippen LogP contribution in [0.4, 0.5) is 0 Å². The molecule has 1 atom stereocenters. The topological polar surface area (TPSA) is 51.9 Å². The molecule has 0 bridgehead atoms. The number of fused-ring (bicyclic) bond motifs is 1. The van der Waals surface area contributed by atoms with Gasteiger partial charge in [-0.15, -0.1) is 0 Å². The van der Waals surface area contributed by atoms with Gasteiger partial charge >= 0.3 is 0 Å². The van der Waals surface area contributed by atoms with Crippen LogP contribution in [0.3, 0.4) is 0 Å². The Kier molecular flexibility index (Phi) is 6.48. The zero-order valence-electron chi connectivity index (χ0n) is 21.6. The van der Waals surface area contributed by atoms with E-state index in [0.29, 0.717) is 24.5 Å². The Hall–Kier alpha value is -3.21. The molecule has 1 aliphatic heterocycles. The molecular weight excluding hydrogens is 426 g/mol. The predicted molar refractivity (Wildman–Crippen MR) is 134 cm³/mol. The minimum absolute atomic E-state index is 0.0542. The van der Waals surface area contributed by atoms with Crippen LogP contribution in [0.5, 0.6) is 11.5 Å². The number of benzene rings is 2. The van der Waals surface area contributed by atoms with Crippen LogP contribution in [0, 0.1) is 34.6 Å². The van der Waals surface area contributed by atoms with E-state index in [1.807, 2.05) is 29.2 Å². The van der Waals surface area contributed by atoms with Crippen LogP contribution in [0.15, 0.2) is 28.7 Å². The third-order valence-electron chi connectivity index (χ3n) is 7.73. The summed E-state index contributed by atoms with van der Waals surface area (Å²) in [6.45, 7) is 13.5. The highest BCUT2D eigenvalue weighted by Crippen LogP contribution is 2.35. The zero-order valence-corrected chi connectivity index (χ0v) is 21.6. The molecule has 0 saturated carbocycles. The fourth-order valence-electron chi connectivity index (χ4n) is 5.09. The van der Waals surface area contributed by atoms with Gasteiger partial charge in [-0.3, -0.25) is 4.79 Å². The fourth-order valence-corrected chi connectivity index (χ4v) is 5.09. The molecule has 1 aromatic heterocycles. The van der Waals surface area contributed by atoms with Crippen LogP contribution in [-0.2, 0) is 19.4 Å². The SMILES string of the molecule is COc1cc2c(cc1OC)CN(C(=O)c1ccc(Cc3c(C)c(C)c(C)c(C)c3C)o1)C(C)C2. The number of carbonyl (C=O) groups excluding carboxylic acids is 1. The van der Waals surface area contributed by atoms with Gasteiger partial charge in [-0.05, 0) is 117 Å². The Morgan fingerprint density at radius 2 is 1.47 bits per heavy atom. The Bertz CT molecular complexity index is 1220. The van der Waals surface area contributed by atoms with E-state index in [1.165, 1.54) is 38.9 Å². The van der Waals surface area contributed by atoms with Gasteiger partial charge in [0.15, 0.2) is 17.3 Å². The van der Waals surface area contributed by atoms with Crippen LogP contribution in [0.25, 0.3) is 0 Å². The summed E-state index contributed by atoms with van der Waals surface area (Å²) in [6, 6.07) is 7.80.